The Hall–Kier alpha value is -0.950. The second-order valence-electron chi connectivity index (χ2n) is 10.4. The molecule has 0 radical (unpaired) electrons. The highest BCUT2D eigenvalue weighted by atomic mass is 79.9. The molecule has 2 aliphatic carbocycles. The number of amides is 1. The predicted octanol–water partition coefficient (Wildman–Crippen LogP) is 6.64. The molecule has 3 atom stereocenters. The average Bonchev–Trinajstić information content (AvgIpc) is 2.96. The van der Waals surface area contributed by atoms with Crippen LogP contribution in [0.3, 0.4) is 0 Å². The molecule has 0 spiro atoms. The number of rotatable bonds is 3. The highest BCUT2D eigenvalue weighted by Crippen LogP contribution is 2.46. The van der Waals surface area contributed by atoms with Gasteiger partial charge in [0.15, 0.2) is 0 Å². The SMILES string of the molecule is NC1CCC[C@@H](CC(=O)N2CCC([C@H]3c4ncc(Br)cc4CCc4cc(Cl)cc(Br)c43)CC2)C1. The van der Waals surface area contributed by atoms with Gasteiger partial charge in [-0.25, -0.2) is 0 Å². The number of nitrogens with zero attached hydrogens (tertiary/aromatic N) is 2. The molecule has 1 saturated heterocycles. The maximum Gasteiger partial charge on any atom is 0.222 e. The number of aryl methyl sites for hydroxylation is 2. The molecule has 5 rings (SSSR count). The van der Waals surface area contributed by atoms with Crippen molar-refractivity contribution in [3.8, 4) is 0 Å². The normalized spacial score (nSPS) is 25.4. The van der Waals surface area contributed by atoms with Gasteiger partial charge < -0.3 is 10.6 Å². The van der Waals surface area contributed by atoms with Gasteiger partial charge in [0.25, 0.3) is 0 Å². The Morgan fingerprint density at radius 2 is 1.85 bits per heavy atom. The van der Waals surface area contributed by atoms with Gasteiger partial charge >= 0.3 is 0 Å². The molecule has 1 aromatic carbocycles. The molecule has 1 aromatic heterocycles. The van der Waals surface area contributed by atoms with Gasteiger partial charge in [0, 0.05) is 51.6 Å². The second-order valence-corrected chi connectivity index (χ2v) is 12.6. The summed E-state index contributed by atoms with van der Waals surface area (Å²) in [5.41, 5.74) is 11.3. The number of hydrogen-bond acceptors (Lipinski definition) is 3. The lowest BCUT2D eigenvalue weighted by molar-refractivity contribution is -0.133. The minimum absolute atomic E-state index is 0.209. The topological polar surface area (TPSA) is 59.2 Å². The maximum atomic E-state index is 13.1. The number of piperidine rings is 1. The number of carbonyl (C=O) groups excluding carboxylic acids is 1. The average molecular weight is 610 g/mol. The van der Waals surface area contributed by atoms with Crippen LogP contribution in [0.5, 0.6) is 0 Å². The van der Waals surface area contributed by atoms with Crippen molar-refractivity contribution in [3.05, 3.63) is 60.7 Å². The first kappa shape index (κ1) is 24.7. The third kappa shape index (κ3) is 5.25. The first-order valence-corrected chi connectivity index (χ1v) is 14.5. The van der Waals surface area contributed by atoms with E-state index in [0.29, 0.717) is 24.2 Å². The lowest BCUT2D eigenvalue weighted by Gasteiger charge is -2.38. The molecule has 2 heterocycles. The minimum Gasteiger partial charge on any atom is -0.343 e. The number of hydrogen-bond donors (Lipinski definition) is 1. The van der Waals surface area contributed by atoms with E-state index in [0.717, 1.165) is 78.4 Å². The zero-order chi connectivity index (χ0) is 23.8. The fourth-order valence-electron chi connectivity index (χ4n) is 6.41. The fourth-order valence-corrected chi connectivity index (χ4v) is 7.91. The van der Waals surface area contributed by atoms with Crippen LogP contribution in [0.15, 0.2) is 33.3 Å². The van der Waals surface area contributed by atoms with Gasteiger partial charge in [0.05, 0.1) is 5.69 Å². The maximum absolute atomic E-state index is 13.1. The van der Waals surface area contributed by atoms with E-state index < -0.39 is 0 Å². The van der Waals surface area contributed by atoms with E-state index in [1.165, 1.54) is 22.4 Å². The number of aromatic nitrogens is 1. The third-order valence-electron chi connectivity index (χ3n) is 8.07. The summed E-state index contributed by atoms with van der Waals surface area (Å²) in [6.07, 6.45) is 10.9. The molecular formula is C27H32Br2ClN3O. The Kier molecular flexibility index (Phi) is 7.69. The number of halogens is 3. The van der Waals surface area contributed by atoms with Crippen molar-refractivity contribution < 1.29 is 4.79 Å². The molecular weight excluding hydrogens is 578 g/mol. The van der Waals surface area contributed by atoms with Crippen LogP contribution in [0.2, 0.25) is 5.02 Å². The summed E-state index contributed by atoms with van der Waals surface area (Å²) in [6.45, 7) is 1.65. The summed E-state index contributed by atoms with van der Waals surface area (Å²) in [6, 6.07) is 6.64. The van der Waals surface area contributed by atoms with Crippen LogP contribution < -0.4 is 5.73 Å². The van der Waals surface area contributed by atoms with Crippen molar-refractivity contribution in [1.82, 2.24) is 9.88 Å². The van der Waals surface area contributed by atoms with Gasteiger partial charge in [-0.05, 0) is 108 Å². The van der Waals surface area contributed by atoms with Gasteiger partial charge in [-0.2, -0.15) is 0 Å². The smallest absolute Gasteiger partial charge is 0.222 e. The van der Waals surface area contributed by atoms with Gasteiger partial charge in [-0.15, -0.1) is 0 Å². The van der Waals surface area contributed by atoms with E-state index in [1.807, 2.05) is 12.3 Å². The lowest BCUT2D eigenvalue weighted by Crippen LogP contribution is -2.41. The van der Waals surface area contributed by atoms with E-state index in [4.69, 9.17) is 22.3 Å². The minimum atomic E-state index is 0.209. The van der Waals surface area contributed by atoms with Crippen molar-refractivity contribution in [2.75, 3.05) is 13.1 Å². The molecule has 34 heavy (non-hydrogen) atoms. The highest BCUT2D eigenvalue weighted by molar-refractivity contribution is 9.10. The molecule has 1 amide bonds. The van der Waals surface area contributed by atoms with Crippen LogP contribution in [-0.2, 0) is 17.6 Å². The molecule has 2 aromatic rings. The Morgan fingerprint density at radius 1 is 1.09 bits per heavy atom. The van der Waals surface area contributed by atoms with Crippen molar-refractivity contribution in [3.63, 3.8) is 0 Å². The quantitative estimate of drug-likeness (QED) is 0.425. The van der Waals surface area contributed by atoms with E-state index >= 15 is 0 Å². The van der Waals surface area contributed by atoms with Crippen molar-refractivity contribution in [2.24, 2.45) is 17.6 Å². The van der Waals surface area contributed by atoms with Crippen LogP contribution in [0.4, 0.5) is 0 Å². The summed E-state index contributed by atoms with van der Waals surface area (Å²) in [4.78, 5) is 20.1. The van der Waals surface area contributed by atoms with E-state index in [-0.39, 0.29) is 12.0 Å². The van der Waals surface area contributed by atoms with Gasteiger partial charge in [-0.1, -0.05) is 34.0 Å². The molecule has 7 heteroatoms. The number of likely N-dealkylation sites (tertiary alicyclic amines) is 1. The van der Waals surface area contributed by atoms with Gasteiger partial charge in [0.1, 0.15) is 0 Å². The monoisotopic (exact) mass is 607 g/mol. The van der Waals surface area contributed by atoms with E-state index in [1.54, 1.807) is 0 Å². The number of nitrogens with two attached hydrogens (primary N) is 1. The molecule has 1 unspecified atom stereocenters. The summed E-state index contributed by atoms with van der Waals surface area (Å²) >= 11 is 13.9. The molecule has 2 fully saturated rings. The van der Waals surface area contributed by atoms with E-state index in [2.05, 4.69) is 48.9 Å². The third-order valence-corrected chi connectivity index (χ3v) is 9.38. The van der Waals surface area contributed by atoms with Crippen LogP contribution in [-0.4, -0.2) is 34.9 Å². The number of fused-ring (bicyclic) bond motifs is 2. The number of carbonyl (C=O) groups is 1. The Balaban J connectivity index is 1.36. The summed E-state index contributed by atoms with van der Waals surface area (Å²) in [5, 5.41) is 0.771. The summed E-state index contributed by atoms with van der Waals surface area (Å²) in [5.74, 6) is 1.42. The van der Waals surface area contributed by atoms with Crippen molar-refractivity contribution in [2.45, 2.75) is 69.7 Å². The molecule has 2 N–H and O–H groups in total. The molecule has 0 bridgehead atoms. The number of pyridine rings is 1. The largest absolute Gasteiger partial charge is 0.343 e. The molecule has 3 aliphatic rings. The predicted molar refractivity (Wildman–Crippen MR) is 144 cm³/mol. The van der Waals surface area contributed by atoms with Crippen molar-refractivity contribution >= 4 is 49.4 Å². The highest BCUT2D eigenvalue weighted by Gasteiger charge is 2.36. The first-order valence-electron chi connectivity index (χ1n) is 12.5. The lowest BCUT2D eigenvalue weighted by atomic mass is 9.76. The zero-order valence-corrected chi connectivity index (χ0v) is 23.3. The standard InChI is InChI=1S/C27H32Br2ClN3O/c28-20-12-19-5-4-18-13-21(30)14-23(29)25(18)26(27(19)32-15-20)17-6-8-33(9-7-17)24(34)11-16-2-1-3-22(31)10-16/h12-17,22,26H,1-11,31H2/t16-,22?,26-/m1/s1. The van der Waals surface area contributed by atoms with Gasteiger partial charge in [-0.3, -0.25) is 9.78 Å². The molecule has 1 saturated carbocycles. The van der Waals surface area contributed by atoms with Crippen LogP contribution in [0.1, 0.15) is 73.2 Å². The Labute approximate surface area is 224 Å². The van der Waals surface area contributed by atoms with Crippen molar-refractivity contribution in [1.29, 1.82) is 0 Å². The zero-order valence-electron chi connectivity index (χ0n) is 19.4. The summed E-state index contributed by atoms with van der Waals surface area (Å²) in [7, 11) is 0. The molecule has 4 nitrogen and oxygen atoms in total. The Bertz CT molecular complexity index is 1070. The van der Waals surface area contributed by atoms with Gasteiger partial charge in [0.2, 0.25) is 5.91 Å². The summed E-state index contributed by atoms with van der Waals surface area (Å²) < 4.78 is 2.10. The van der Waals surface area contributed by atoms with Crippen LogP contribution in [0.25, 0.3) is 0 Å². The Morgan fingerprint density at radius 3 is 2.62 bits per heavy atom. The fraction of sp³-hybridized carbons (Fsp3) is 0.556. The van der Waals surface area contributed by atoms with Crippen LogP contribution in [0, 0.1) is 11.8 Å². The molecule has 1 aliphatic heterocycles. The molecule has 182 valence electrons. The number of benzene rings is 1. The van der Waals surface area contributed by atoms with E-state index in [9.17, 15) is 4.79 Å². The first-order chi connectivity index (χ1) is 16.4. The van der Waals surface area contributed by atoms with Crippen LogP contribution >= 0.6 is 43.5 Å². The second kappa shape index (κ2) is 10.6.